The van der Waals surface area contributed by atoms with Crippen LogP contribution in [0.15, 0.2) is 18.2 Å². The molecule has 0 fully saturated rings. The van der Waals surface area contributed by atoms with Gasteiger partial charge in [-0.05, 0) is 24.6 Å². The van der Waals surface area contributed by atoms with Crippen LogP contribution < -0.4 is 27.6 Å². The molecule has 98 valence electrons. The van der Waals surface area contributed by atoms with E-state index in [-0.39, 0.29) is 18.5 Å². The van der Waals surface area contributed by atoms with E-state index in [1.807, 2.05) is 25.1 Å². The van der Waals surface area contributed by atoms with Crippen molar-refractivity contribution in [3.8, 4) is 11.5 Å². The maximum Gasteiger partial charge on any atom is 0.161 e. The number of hydrogen-bond donors (Lipinski definition) is 1. The van der Waals surface area contributed by atoms with E-state index in [2.05, 4.69) is 5.73 Å². The first-order chi connectivity index (χ1) is 7.76. The second-order valence-corrected chi connectivity index (χ2v) is 3.35. The lowest BCUT2D eigenvalue weighted by molar-refractivity contribution is -0.387. The summed E-state index contributed by atoms with van der Waals surface area (Å²) in [4.78, 5) is 0. The molecule has 1 atom stereocenters. The first-order valence-electron chi connectivity index (χ1n) is 5.39. The third-order valence-corrected chi connectivity index (χ3v) is 2.41. The number of hydrogen-bond acceptors (Lipinski definition) is 3. The summed E-state index contributed by atoms with van der Waals surface area (Å²) in [5, 5.41) is 0. The second kappa shape index (κ2) is 8.17. The topological polar surface area (TPSA) is 55.3 Å². The van der Waals surface area contributed by atoms with Crippen LogP contribution in [0.4, 0.5) is 0 Å². The lowest BCUT2D eigenvalue weighted by Gasteiger charge is -2.15. The Hall–Kier alpha value is -0.970. The standard InChI is InChI=1S/C12H19NO3.ClH/c1-4-16-12(8-13)9-5-6-10(14-2)11(7-9)15-3;/h5-7,12H,4,8,13H2,1-3H3;1H. The van der Waals surface area contributed by atoms with E-state index in [4.69, 9.17) is 14.2 Å². The summed E-state index contributed by atoms with van der Waals surface area (Å²) in [5.74, 6) is 1.45. The summed E-state index contributed by atoms with van der Waals surface area (Å²) < 4.78 is 16.0. The largest absolute Gasteiger partial charge is 1.00 e. The summed E-state index contributed by atoms with van der Waals surface area (Å²) in [6.07, 6.45) is 0.0183. The molecule has 0 saturated heterocycles. The average molecular weight is 262 g/mol. The van der Waals surface area contributed by atoms with Gasteiger partial charge in [0.25, 0.3) is 0 Å². The minimum atomic E-state index is 0. The van der Waals surface area contributed by atoms with Gasteiger partial charge in [-0.3, -0.25) is 0 Å². The maximum atomic E-state index is 5.59. The van der Waals surface area contributed by atoms with Gasteiger partial charge in [0.2, 0.25) is 0 Å². The van der Waals surface area contributed by atoms with Crippen LogP contribution in [0, 0.1) is 0 Å². The van der Waals surface area contributed by atoms with Crippen molar-refractivity contribution < 1.29 is 32.4 Å². The summed E-state index contributed by atoms with van der Waals surface area (Å²) >= 11 is 0. The molecule has 1 aromatic carbocycles. The van der Waals surface area contributed by atoms with Gasteiger partial charge < -0.3 is 32.4 Å². The van der Waals surface area contributed by atoms with Gasteiger partial charge in [0.05, 0.1) is 14.2 Å². The van der Waals surface area contributed by atoms with Crippen molar-refractivity contribution in [1.29, 1.82) is 0 Å². The molecule has 0 saturated carbocycles. The monoisotopic (exact) mass is 261 g/mol. The quantitative estimate of drug-likeness (QED) is 0.646. The number of benzene rings is 1. The molecule has 0 aliphatic heterocycles. The van der Waals surface area contributed by atoms with Crippen LogP contribution in [-0.4, -0.2) is 27.4 Å². The van der Waals surface area contributed by atoms with E-state index in [9.17, 15) is 0 Å². The highest BCUT2D eigenvalue weighted by molar-refractivity contribution is 5.43. The van der Waals surface area contributed by atoms with E-state index >= 15 is 0 Å². The molecule has 0 heterocycles. The van der Waals surface area contributed by atoms with E-state index in [1.54, 1.807) is 14.2 Å². The van der Waals surface area contributed by atoms with Gasteiger partial charge in [-0.25, -0.2) is 0 Å². The lowest BCUT2D eigenvalue weighted by Crippen LogP contribution is -3.00. The smallest absolute Gasteiger partial charge is 0.161 e. The molecule has 17 heavy (non-hydrogen) atoms. The zero-order valence-electron chi connectivity index (χ0n) is 10.5. The Labute approximate surface area is 108 Å². The van der Waals surface area contributed by atoms with Gasteiger partial charge in [0.15, 0.2) is 11.5 Å². The van der Waals surface area contributed by atoms with Crippen molar-refractivity contribution in [3.63, 3.8) is 0 Å². The van der Waals surface area contributed by atoms with Crippen molar-refractivity contribution in [2.75, 3.05) is 27.4 Å². The third kappa shape index (κ3) is 4.07. The fraction of sp³-hybridized carbons (Fsp3) is 0.500. The zero-order chi connectivity index (χ0) is 12.0. The first-order valence-corrected chi connectivity index (χ1v) is 5.39. The number of halogens is 1. The summed E-state index contributed by atoms with van der Waals surface area (Å²) in [6.45, 7) is 3.35. The van der Waals surface area contributed by atoms with Gasteiger partial charge in [0, 0.05) is 6.61 Å². The Bertz CT molecular complexity index is 334. The minimum absolute atomic E-state index is 0. The highest BCUT2D eigenvalue weighted by atomic mass is 35.5. The number of ether oxygens (including phenoxy) is 3. The highest BCUT2D eigenvalue weighted by Gasteiger charge is 2.14. The van der Waals surface area contributed by atoms with Crippen LogP contribution >= 0.6 is 0 Å². The summed E-state index contributed by atoms with van der Waals surface area (Å²) in [6, 6.07) is 5.80. The molecule has 5 heteroatoms. The van der Waals surface area contributed by atoms with Gasteiger partial charge in [-0.15, -0.1) is 0 Å². The lowest BCUT2D eigenvalue weighted by atomic mass is 10.1. The highest BCUT2D eigenvalue weighted by Crippen LogP contribution is 2.30. The molecule has 0 bridgehead atoms. The number of quaternary nitrogens is 1. The predicted molar refractivity (Wildman–Crippen MR) is 61.7 cm³/mol. The van der Waals surface area contributed by atoms with E-state index in [1.165, 1.54) is 0 Å². The SMILES string of the molecule is CCOC(C[NH3+])c1ccc(OC)c(OC)c1.[Cl-]. The van der Waals surface area contributed by atoms with Crippen LogP contribution in [0.2, 0.25) is 0 Å². The van der Waals surface area contributed by atoms with Crippen molar-refractivity contribution >= 4 is 0 Å². The van der Waals surface area contributed by atoms with Gasteiger partial charge >= 0.3 is 0 Å². The Morgan fingerprint density at radius 1 is 1.18 bits per heavy atom. The Morgan fingerprint density at radius 2 is 1.82 bits per heavy atom. The molecule has 1 aromatic rings. The fourth-order valence-electron chi connectivity index (χ4n) is 1.60. The van der Waals surface area contributed by atoms with Crippen LogP contribution in [0.5, 0.6) is 11.5 Å². The third-order valence-electron chi connectivity index (χ3n) is 2.41. The summed E-state index contributed by atoms with van der Waals surface area (Å²) in [7, 11) is 3.25. The molecule has 4 nitrogen and oxygen atoms in total. The number of methoxy groups -OCH3 is 2. The Morgan fingerprint density at radius 3 is 2.29 bits per heavy atom. The van der Waals surface area contributed by atoms with E-state index < -0.39 is 0 Å². The second-order valence-electron chi connectivity index (χ2n) is 3.35. The molecule has 0 amide bonds. The molecule has 3 N–H and O–H groups in total. The summed E-state index contributed by atoms with van der Waals surface area (Å²) in [5.41, 5.74) is 4.95. The van der Waals surface area contributed by atoms with Crippen LogP contribution in [0.1, 0.15) is 18.6 Å². The zero-order valence-corrected chi connectivity index (χ0v) is 11.3. The maximum absolute atomic E-state index is 5.59. The normalized spacial score (nSPS) is 11.5. The molecular weight excluding hydrogens is 242 g/mol. The van der Waals surface area contributed by atoms with Gasteiger partial charge in [0.1, 0.15) is 12.6 Å². The van der Waals surface area contributed by atoms with Gasteiger partial charge in [-0.1, -0.05) is 6.07 Å². The van der Waals surface area contributed by atoms with Crippen molar-refractivity contribution in [1.82, 2.24) is 0 Å². The molecule has 0 aliphatic rings. The first kappa shape index (κ1) is 16.0. The van der Waals surface area contributed by atoms with Crippen molar-refractivity contribution in [3.05, 3.63) is 23.8 Å². The van der Waals surface area contributed by atoms with Crippen LogP contribution in [-0.2, 0) is 4.74 Å². The van der Waals surface area contributed by atoms with Crippen molar-refractivity contribution in [2.24, 2.45) is 0 Å². The molecule has 0 spiro atoms. The average Bonchev–Trinajstić information content (AvgIpc) is 2.35. The molecule has 0 radical (unpaired) electrons. The Balaban J connectivity index is 0.00000256. The van der Waals surface area contributed by atoms with Crippen LogP contribution in [0.3, 0.4) is 0 Å². The number of rotatable bonds is 6. The predicted octanol–water partition coefficient (Wildman–Crippen LogP) is -1.97. The molecule has 1 rings (SSSR count). The molecule has 0 aliphatic carbocycles. The fourth-order valence-corrected chi connectivity index (χ4v) is 1.60. The minimum Gasteiger partial charge on any atom is -1.00 e. The van der Waals surface area contributed by atoms with E-state index in [0.717, 1.165) is 17.1 Å². The van der Waals surface area contributed by atoms with Crippen LogP contribution in [0.25, 0.3) is 0 Å². The van der Waals surface area contributed by atoms with E-state index in [0.29, 0.717) is 13.2 Å². The van der Waals surface area contributed by atoms with Crippen molar-refractivity contribution in [2.45, 2.75) is 13.0 Å². The van der Waals surface area contributed by atoms with Gasteiger partial charge in [-0.2, -0.15) is 0 Å². The molecule has 0 aromatic heterocycles. The molecule has 1 unspecified atom stereocenters. The Kier molecular flexibility index (Phi) is 7.70. The molecular formula is C12H20ClNO3.